The van der Waals surface area contributed by atoms with Crippen LogP contribution in [0.25, 0.3) is 0 Å². The van der Waals surface area contributed by atoms with Crippen LogP contribution in [0, 0.1) is 5.92 Å². The number of hydrogen-bond acceptors (Lipinski definition) is 3. The van der Waals surface area contributed by atoms with E-state index >= 15 is 0 Å². The van der Waals surface area contributed by atoms with Crippen LogP contribution in [0.3, 0.4) is 0 Å². The number of nitrogens with one attached hydrogen (secondary N) is 1. The van der Waals surface area contributed by atoms with Gasteiger partial charge in [-0.3, -0.25) is 9.69 Å². The number of ether oxygens (including phenoxy) is 1. The number of rotatable bonds is 4. The summed E-state index contributed by atoms with van der Waals surface area (Å²) in [7, 11) is 3.16. The molecule has 18 heavy (non-hydrogen) atoms. The van der Waals surface area contributed by atoms with E-state index in [1.54, 1.807) is 34.9 Å². The van der Waals surface area contributed by atoms with E-state index in [4.69, 9.17) is 4.74 Å². The second-order valence-electron chi connectivity index (χ2n) is 5.85. The van der Waals surface area contributed by atoms with Crippen molar-refractivity contribution in [2.45, 2.75) is 52.7 Å². The van der Waals surface area contributed by atoms with Crippen molar-refractivity contribution in [2.75, 3.05) is 14.1 Å². The summed E-state index contributed by atoms with van der Waals surface area (Å²) in [5.41, 5.74) is -0.559. The molecule has 0 heterocycles. The molecule has 0 aliphatic heterocycles. The second-order valence-corrected chi connectivity index (χ2v) is 5.85. The molecule has 0 fully saturated rings. The van der Waals surface area contributed by atoms with Crippen LogP contribution >= 0.6 is 0 Å². The van der Waals surface area contributed by atoms with Crippen molar-refractivity contribution >= 4 is 12.0 Å². The Balaban J connectivity index is 4.79. The summed E-state index contributed by atoms with van der Waals surface area (Å²) in [6, 6.07) is -0.496. The Labute approximate surface area is 110 Å². The average molecular weight is 258 g/mol. The van der Waals surface area contributed by atoms with Crippen LogP contribution in [0.1, 0.15) is 41.0 Å². The molecule has 0 aromatic rings. The molecule has 0 aliphatic rings. The van der Waals surface area contributed by atoms with Gasteiger partial charge in [-0.15, -0.1) is 0 Å². The van der Waals surface area contributed by atoms with Crippen molar-refractivity contribution in [1.29, 1.82) is 0 Å². The first-order valence-electron chi connectivity index (χ1n) is 6.26. The third-order valence-electron chi connectivity index (χ3n) is 2.39. The Bertz CT molecular complexity index is 295. The highest BCUT2D eigenvalue weighted by Gasteiger charge is 2.30. The third-order valence-corrected chi connectivity index (χ3v) is 2.39. The number of carbonyl (C=O) groups is 2. The first-order chi connectivity index (χ1) is 8.08. The maximum atomic E-state index is 11.9. The normalized spacial score (nSPS) is 13.1. The first-order valence-corrected chi connectivity index (χ1v) is 6.26. The molecule has 0 aromatic carbocycles. The van der Waals surface area contributed by atoms with E-state index < -0.39 is 17.7 Å². The van der Waals surface area contributed by atoms with Gasteiger partial charge < -0.3 is 10.1 Å². The molecule has 0 spiro atoms. The topological polar surface area (TPSA) is 58.6 Å². The summed E-state index contributed by atoms with van der Waals surface area (Å²) in [5, 5.41) is 2.58. The highest BCUT2D eigenvalue weighted by molar-refractivity contribution is 5.85. The molecule has 0 unspecified atom stereocenters. The van der Waals surface area contributed by atoms with Gasteiger partial charge in [0, 0.05) is 14.1 Å². The molecule has 5 nitrogen and oxygen atoms in total. The van der Waals surface area contributed by atoms with Crippen LogP contribution in [-0.2, 0) is 9.53 Å². The highest BCUT2D eigenvalue weighted by Crippen LogP contribution is 2.15. The van der Waals surface area contributed by atoms with Crippen molar-refractivity contribution in [1.82, 2.24) is 10.2 Å². The quantitative estimate of drug-likeness (QED) is 0.839. The summed E-state index contributed by atoms with van der Waals surface area (Å²) < 4.78 is 5.26. The van der Waals surface area contributed by atoms with Gasteiger partial charge in [0.25, 0.3) is 0 Å². The predicted molar refractivity (Wildman–Crippen MR) is 71.3 cm³/mol. The minimum absolute atomic E-state index is 0.169. The minimum Gasteiger partial charge on any atom is -0.444 e. The molecular weight excluding hydrogens is 232 g/mol. The Hall–Kier alpha value is -1.26. The van der Waals surface area contributed by atoms with E-state index in [-0.39, 0.29) is 5.91 Å². The molecule has 106 valence electrons. The molecule has 2 amide bonds. The number of hydrogen-bond donors (Lipinski definition) is 1. The van der Waals surface area contributed by atoms with Gasteiger partial charge in [-0.1, -0.05) is 13.8 Å². The summed E-state index contributed by atoms with van der Waals surface area (Å²) in [6.45, 7) is 9.43. The molecule has 0 radical (unpaired) electrons. The zero-order chi connectivity index (χ0) is 14.5. The first kappa shape index (κ1) is 16.7. The van der Waals surface area contributed by atoms with Crippen LogP contribution in [0.2, 0.25) is 0 Å². The van der Waals surface area contributed by atoms with Crippen molar-refractivity contribution in [3.63, 3.8) is 0 Å². The van der Waals surface area contributed by atoms with E-state index in [1.165, 1.54) is 4.90 Å². The van der Waals surface area contributed by atoms with Crippen molar-refractivity contribution < 1.29 is 14.3 Å². The SMILES string of the molecule is CNC(=O)[C@H](CC(C)C)N(C)C(=O)OC(C)(C)C. The largest absolute Gasteiger partial charge is 0.444 e. The standard InChI is InChI=1S/C13H26N2O3/c1-9(2)8-10(11(16)14-6)15(7)12(17)18-13(3,4)5/h9-10H,8H2,1-7H3,(H,14,16)/t10-/m0/s1. The van der Waals surface area contributed by atoms with E-state index in [0.29, 0.717) is 12.3 Å². The second kappa shape index (κ2) is 6.61. The maximum absolute atomic E-state index is 11.9. The smallest absolute Gasteiger partial charge is 0.410 e. The number of amides is 2. The number of nitrogens with zero attached hydrogens (tertiary/aromatic N) is 1. The zero-order valence-corrected chi connectivity index (χ0v) is 12.5. The highest BCUT2D eigenvalue weighted by atomic mass is 16.6. The predicted octanol–water partition coefficient (Wildman–Crippen LogP) is 2.01. The molecule has 0 saturated carbocycles. The summed E-state index contributed by atoms with van der Waals surface area (Å²) >= 11 is 0. The zero-order valence-electron chi connectivity index (χ0n) is 12.5. The summed E-state index contributed by atoms with van der Waals surface area (Å²) in [5.74, 6) is 0.147. The van der Waals surface area contributed by atoms with Crippen LogP contribution in [-0.4, -0.2) is 42.6 Å². The molecule has 1 atom stereocenters. The van der Waals surface area contributed by atoms with Gasteiger partial charge in [-0.05, 0) is 33.1 Å². The lowest BCUT2D eigenvalue weighted by Gasteiger charge is -2.30. The number of likely N-dealkylation sites (N-methyl/N-ethyl adjacent to an activating group) is 2. The van der Waals surface area contributed by atoms with Crippen molar-refractivity contribution in [2.24, 2.45) is 5.92 Å². The van der Waals surface area contributed by atoms with Crippen LogP contribution in [0.5, 0.6) is 0 Å². The molecular formula is C13H26N2O3. The molecule has 0 aromatic heterocycles. The van der Waals surface area contributed by atoms with Crippen LogP contribution < -0.4 is 5.32 Å². The van der Waals surface area contributed by atoms with Crippen LogP contribution in [0.15, 0.2) is 0 Å². The summed E-state index contributed by atoms with van der Waals surface area (Å²) in [6.07, 6.45) is 0.131. The van der Waals surface area contributed by atoms with E-state index in [9.17, 15) is 9.59 Å². The lowest BCUT2D eigenvalue weighted by atomic mass is 10.0. The third kappa shape index (κ3) is 5.89. The lowest BCUT2D eigenvalue weighted by molar-refractivity contribution is -0.126. The van der Waals surface area contributed by atoms with Gasteiger partial charge in [0.05, 0.1) is 0 Å². The van der Waals surface area contributed by atoms with Crippen molar-refractivity contribution in [3.8, 4) is 0 Å². The summed E-state index contributed by atoms with van der Waals surface area (Å²) in [4.78, 5) is 25.1. The monoisotopic (exact) mass is 258 g/mol. The Morgan fingerprint density at radius 2 is 1.78 bits per heavy atom. The minimum atomic E-state index is -0.559. The molecule has 5 heteroatoms. The fourth-order valence-electron chi connectivity index (χ4n) is 1.52. The van der Waals surface area contributed by atoms with E-state index in [2.05, 4.69) is 5.32 Å². The molecule has 0 aliphatic carbocycles. The van der Waals surface area contributed by atoms with Gasteiger partial charge in [-0.2, -0.15) is 0 Å². The maximum Gasteiger partial charge on any atom is 0.410 e. The lowest BCUT2D eigenvalue weighted by Crippen LogP contribution is -2.48. The van der Waals surface area contributed by atoms with Gasteiger partial charge in [-0.25, -0.2) is 4.79 Å². The molecule has 0 bridgehead atoms. The number of carbonyl (C=O) groups excluding carboxylic acids is 2. The van der Waals surface area contributed by atoms with E-state index in [1.807, 2.05) is 13.8 Å². The Morgan fingerprint density at radius 3 is 2.11 bits per heavy atom. The Morgan fingerprint density at radius 1 is 1.28 bits per heavy atom. The van der Waals surface area contributed by atoms with Gasteiger partial charge in [0.2, 0.25) is 5.91 Å². The van der Waals surface area contributed by atoms with Crippen LogP contribution in [0.4, 0.5) is 4.79 Å². The van der Waals surface area contributed by atoms with Gasteiger partial charge in [0.1, 0.15) is 11.6 Å². The molecule has 0 saturated heterocycles. The van der Waals surface area contributed by atoms with E-state index in [0.717, 1.165) is 0 Å². The fourth-order valence-corrected chi connectivity index (χ4v) is 1.52. The molecule has 1 N–H and O–H groups in total. The Kier molecular flexibility index (Phi) is 6.15. The fraction of sp³-hybridized carbons (Fsp3) is 0.846. The van der Waals surface area contributed by atoms with Gasteiger partial charge in [0.15, 0.2) is 0 Å². The van der Waals surface area contributed by atoms with Gasteiger partial charge >= 0.3 is 6.09 Å². The average Bonchev–Trinajstić information content (AvgIpc) is 2.21. The molecule has 0 rings (SSSR count). The van der Waals surface area contributed by atoms with Crippen molar-refractivity contribution in [3.05, 3.63) is 0 Å².